The molecule has 108 valence electrons. The van der Waals surface area contributed by atoms with Gasteiger partial charge in [0.25, 0.3) is 0 Å². The summed E-state index contributed by atoms with van der Waals surface area (Å²) in [5, 5.41) is 0. The van der Waals surface area contributed by atoms with Gasteiger partial charge in [-0.05, 0) is 48.3 Å². The molecule has 4 atom stereocenters. The van der Waals surface area contributed by atoms with Gasteiger partial charge in [-0.25, -0.2) is 0 Å². The average Bonchev–Trinajstić information content (AvgIpc) is 2.92. The van der Waals surface area contributed by atoms with Crippen LogP contribution in [0.1, 0.15) is 86.5 Å². The van der Waals surface area contributed by atoms with Crippen LogP contribution < -0.4 is 0 Å². The Labute approximate surface area is 116 Å². The molecule has 1 saturated carbocycles. The highest BCUT2D eigenvalue weighted by Crippen LogP contribution is 2.47. The van der Waals surface area contributed by atoms with Crippen molar-refractivity contribution in [1.29, 1.82) is 0 Å². The molecule has 0 nitrogen and oxygen atoms in total. The lowest BCUT2D eigenvalue weighted by molar-refractivity contribution is 0.252. The van der Waals surface area contributed by atoms with Crippen molar-refractivity contribution >= 4 is 0 Å². The molecule has 0 aromatic heterocycles. The van der Waals surface area contributed by atoms with Crippen LogP contribution >= 0.6 is 0 Å². The third-order valence-corrected chi connectivity index (χ3v) is 5.32. The Kier molecular flexibility index (Phi) is 6.21. The van der Waals surface area contributed by atoms with Crippen LogP contribution in [0.3, 0.4) is 0 Å². The van der Waals surface area contributed by atoms with Crippen molar-refractivity contribution in [3.63, 3.8) is 0 Å². The molecule has 1 rings (SSSR count). The van der Waals surface area contributed by atoms with Gasteiger partial charge in [-0.3, -0.25) is 0 Å². The highest BCUT2D eigenvalue weighted by atomic mass is 14.4. The highest BCUT2D eigenvalue weighted by Gasteiger charge is 2.36. The van der Waals surface area contributed by atoms with E-state index in [2.05, 4.69) is 41.5 Å². The Morgan fingerprint density at radius 2 is 1.67 bits per heavy atom. The molecule has 0 radical (unpaired) electrons. The minimum atomic E-state index is 0.586. The lowest BCUT2D eigenvalue weighted by atomic mass is 9.79. The summed E-state index contributed by atoms with van der Waals surface area (Å²) in [5.41, 5.74) is 0.586. The van der Waals surface area contributed by atoms with E-state index in [1.807, 2.05) is 0 Å². The quantitative estimate of drug-likeness (QED) is 0.451. The van der Waals surface area contributed by atoms with Crippen LogP contribution in [0.5, 0.6) is 0 Å². The summed E-state index contributed by atoms with van der Waals surface area (Å²) >= 11 is 0. The van der Waals surface area contributed by atoms with Crippen LogP contribution in [0.25, 0.3) is 0 Å². The summed E-state index contributed by atoms with van der Waals surface area (Å²) in [7, 11) is 0. The molecule has 0 heterocycles. The first-order chi connectivity index (χ1) is 8.35. The van der Waals surface area contributed by atoms with E-state index >= 15 is 0 Å². The zero-order valence-electron chi connectivity index (χ0n) is 13.8. The molecule has 0 bridgehead atoms. The van der Waals surface area contributed by atoms with Crippen LogP contribution in [0.4, 0.5) is 0 Å². The summed E-state index contributed by atoms with van der Waals surface area (Å²) in [6, 6.07) is 0. The maximum absolute atomic E-state index is 2.48. The van der Waals surface area contributed by atoms with Crippen LogP contribution in [0.2, 0.25) is 0 Å². The van der Waals surface area contributed by atoms with Crippen LogP contribution in [-0.4, -0.2) is 0 Å². The Morgan fingerprint density at radius 3 is 2.17 bits per heavy atom. The van der Waals surface area contributed by atoms with Gasteiger partial charge in [0.2, 0.25) is 0 Å². The Morgan fingerprint density at radius 1 is 1.11 bits per heavy atom. The first-order valence-corrected chi connectivity index (χ1v) is 8.35. The standard InChI is InChI=1S/C18H36/c1-7-9-14(2)15(3)10-8-11-18(5,6)13-17-12-16(17)4/h14-17H,7-13H2,1-6H3. The minimum Gasteiger partial charge on any atom is -0.0654 e. The van der Waals surface area contributed by atoms with Gasteiger partial charge in [-0.2, -0.15) is 0 Å². The van der Waals surface area contributed by atoms with E-state index in [0.717, 1.165) is 23.7 Å². The second kappa shape index (κ2) is 6.96. The van der Waals surface area contributed by atoms with E-state index in [-0.39, 0.29) is 0 Å². The molecule has 18 heavy (non-hydrogen) atoms. The number of hydrogen-bond acceptors (Lipinski definition) is 0. The van der Waals surface area contributed by atoms with Crippen LogP contribution in [0.15, 0.2) is 0 Å². The van der Waals surface area contributed by atoms with E-state index in [1.54, 1.807) is 0 Å². The second-order valence-corrected chi connectivity index (χ2v) is 7.98. The lowest BCUT2D eigenvalue weighted by Crippen LogP contribution is -2.14. The van der Waals surface area contributed by atoms with Gasteiger partial charge in [-0.1, -0.05) is 67.2 Å². The topological polar surface area (TPSA) is 0 Å². The molecular weight excluding hydrogens is 216 g/mol. The first kappa shape index (κ1) is 16.1. The van der Waals surface area contributed by atoms with E-state index in [9.17, 15) is 0 Å². The molecule has 0 spiro atoms. The van der Waals surface area contributed by atoms with Gasteiger partial charge in [0.15, 0.2) is 0 Å². The Bertz CT molecular complexity index is 228. The molecule has 0 amide bonds. The third-order valence-electron chi connectivity index (χ3n) is 5.32. The molecule has 4 unspecified atom stereocenters. The van der Waals surface area contributed by atoms with Crippen molar-refractivity contribution in [3.8, 4) is 0 Å². The van der Waals surface area contributed by atoms with Gasteiger partial charge >= 0.3 is 0 Å². The second-order valence-electron chi connectivity index (χ2n) is 7.98. The van der Waals surface area contributed by atoms with Crippen LogP contribution in [-0.2, 0) is 0 Å². The molecule has 0 N–H and O–H groups in total. The van der Waals surface area contributed by atoms with Gasteiger partial charge < -0.3 is 0 Å². The molecule has 0 aromatic rings. The average molecular weight is 252 g/mol. The molecule has 1 fully saturated rings. The predicted molar refractivity (Wildman–Crippen MR) is 82.8 cm³/mol. The van der Waals surface area contributed by atoms with Gasteiger partial charge in [-0.15, -0.1) is 0 Å². The Balaban J connectivity index is 2.15. The molecule has 0 aliphatic heterocycles. The maximum atomic E-state index is 2.48. The van der Waals surface area contributed by atoms with E-state index in [1.165, 1.54) is 44.9 Å². The lowest BCUT2D eigenvalue weighted by Gasteiger charge is -2.26. The van der Waals surface area contributed by atoms with Gasteiger partial charge in [0.05, 0.1) is 0 Å². The molecule has 1 aliphatic carbocycles. The fourth-order valence-electron chi connectivity index (χ4n) is 3.42. The fourth-order valence-corrected chi connectivity index (χ4v) is 3.42. The smallest absolute Gasteiger partial charge is 0.0351 e. The summed E-state index contributed by atoms with van der Waals surface area (Å²) in [6.07, 6.45) is 10.0. The minimum absolute atomic E-state index is 0.586. The van der Waals surface area contributed by atoms with Crippen LogP contribution in [0, 0.1) is 29.1 Å². The van der Waals surface area contributed by atoms with Crippen molar-refractivity contribution in [2.24, 2.45) is 29.1 Å². The van der Waals surface area contributed by atoms with E-state index < -0.39 is 0 Å². The maximum Gasteiger partial charge on any atom is -0.0351 e. The number of hydrogen-bond donors (Lipinski definition) is 0. The van der Waals surface area contributed by atoms with Crippen molar-refractivity contribution < 1.29 is 0 Å². The SMILES string of the molecule is CCCC(C)C(C)CCCC(C)(C)CC1CC1C. The molecule has 0 aromatic carbocycles. The molecule has 0 heteroatoms. The zero-order chi connectivity index (χ0) is 13.8. The third kappa shape index (κ3) is 5.76. The van der Waals surface area contributed by atoms with Crippen molar-refractivity contribution in [2.75, 3.05) is 0 Å². The normalized spacial score (nSPS) is 27.0. The van der Waals surface area contributed by atoms with E-state index in [0.29, 0.717) is 5.41 Å². The first-order valence-electron chi connectivity index (χ1n) is 8.35. The van der Waals surface area contributed by atoms with E-state index in [4.69, 9.17) is 0 Å². The summed E-state index contributed by atoms with van der Waals surface area (Å²) < 4.78 is 0. The largest absolute Gasteiger partial charge is 0.0654 e. The summed E-state index contributed by atoms with van der Waals surface area (Å²) in [5.74, 6) is 3.91. The monoisotopic (exact) mass is 252 g/mol. The Hall–Kier alpha value is 0. The summed E-state index contributed by atoms with van der Waals surface area (Å²) in [6.45, 7) is 14.6. The van der Waals surface area contributed by atoms with Crippen molar-refractivity contribution in [3.05, 3.63) is 0 Å². The molecule has 0 saturated heterocycles. The molecular formula is C18H36. The summed E-state index contributed by atoms with van der Waals surface area (Å²) in [4.78, 5) is 0. The zero-order valence-corrected chi connectivity index (χ0v) is 13.8. The predicted octanol–water partition coefficient (Wildman–Crippen LogP) is 6.30. The fraction of sp³-hybridized carbons (Fsp3) is 1.00. The van der Waals surface area contributed by atoms with Gasteiger partial charge in [0, 0.05) is 0 Å². The van der Waals surface area contributed by atoms with Crippen molar-refractivity contribution in [2.45, 2.75) is 86.5 Å². The highest BCUT2D eigenvalue weighted by molar-refractivity contribution is 4.87. The molecule has 1 aliphatic rings. The van der Waals surface area contributed by atoms with Crippen molar-refractivity contribution in [1.82, 2.24) is 0 Å². The van der Waals surface area contributed by atoms with Gasteiger partial charge in [0.1, 0.15) is 0 Å². The number of rotatable bonds is 9.